The lowest BCUT2D eigenvalue weighted by Crippen LogP contribution is -2.41. The molecular formula is C16H14F2N6O2. The number of H-pyrrole nitrogens is 1. The molecule has 5 rings (SSSR count). The van der Waals surface area contributed by atoms with Gasteiger partial charge in [-0.05, 0) is 18.1 Å². The number of nitrogens with zero attached hydrogens (tertiary/aromatic N) is 4. The monoisotopic (exact) mass is 360 g/mol. The average molecular weight is 360 g/mol. The zero-order valence-electron chi connectivity index (χ0n) is 13.6. The van der Waals surface area contributed by atoms with Gasteiger partial charge < -0.3 is 15.0 Å². The number of fused-ring (bicyclic) bond motifs is 1. The van der Waals surface area contributed by atoms with Crippen molar-refractivity contribution in [3.05, 3.63) is 28.1 Å². The number of pyridine rings is 1. The smallest absolute Gasteiger partial charge is 0.210 e. The fourth-order valence-electron chi connectivity index (χ4n) is 4.15. The van der Waals surface area contributed by atoms with E-state index in [0.717, 1.165) is 25.7 Å². The summed E-state index contributed by atoms with van der Waals surface area (Å²) in [7, 11) is 0. The number of anilines is 1. The SMILES string of the molecule is Nc1c(F)c(F)c2c3c1c(=O)c(-c1nn[nH]n1)cn3C1(CCCC1)CO2. The molecule has 8 nitrogen and oxygen atoms in total. The van der Waals surface area contributed by atoms with Crippen LogP contribution < -0.4 is 15.9 Å². The number of nitrogens with one attached hydrogen (secondary N) is 1. The lowest BCUT2D eigenvalue weighted by molar-refractivity contribution is 0.137. The third kappa shape index (κ3) is 1.76. The van der Waals surface area contributed by atoms with Crippen LogP contribution in [-0.4, -0.2) is 31.8 Å². The van der Waals surface area contributed by atoms with Crippen LogP contribution in [0.1, 0.15) is 25.7 Å². The van der Waals surface area contributed by atoms with Gasteiger partial charge >= 0.3 is 0 Å². The second kappa shape index (κ2) is 4.99. The highest BCUT2D eigenvalue weighted by Gasteiger charge is 2.43. The van der Waals surface area contributed by atoms with Gasteiger partial charge in [-0.15, -0.1) is 10.2 Å². The minimum atomic E-state index is -1.29. The molecule has 0 amide bonds. The van der Waals surface area contributed by atoms with Crippen molar-refractivity contribution < 1.29 is 13.5 Å². The molecule has 10 heteroatoms. The largest absolute Gasteiger partial charge is 0.486 e. The van der Waals surface area contributed by atoms with Crippen molar-refractivity contribution in [2.45, 2.75) is 31.2 Å². The molecule has 3 heterocycles. The Morgan fingerprint density at radius 3 is 2.73 bits per heavy atom. The highest BCUT2D eigenvalue weighted by atomic mass is 19.2. The van der Waals surface area contributed by atoms with Crippen LogP contribution in [0, 0.1) is 11.6 Å². The zero-order chi connectivity index (χ0) is 18.1. The van der Waals surface area contributed by atoms with Crippen molar-refractivity contribution >= 4 is 16.6 Å². The van der Waals surface area contributed by atoms with Crippen molar-refractivity contribution in [3.8, 4) is 17.1 Å². The van der Waals surface area contributed by atoms with Crippen LogP contribution in [0.3, 0.4) is 0 Å². The van der Waals surface area contributed by atoms with Crippen LogP contribution in [0.2, 0.25) is 0 Å². The molecule has 1 aliphatic heterocycles. The minimum Gasteiger partial charge on any atom is -0.486 e. The van der Waals surface area contributed by atoms with Crippen LogP contribution >= 0.6 is 0 Å². The second-order valence-corrected chi connectivity index (χ2v) is 6.79. The highest BCUT2D eigenvalue weighted by molar-refractivity contribution is 5.97. The lowest BCUT2D eigenvalue weighted by atomic mass is 9.94. The van der Waals surface area contributed by atoms with Gasteiger partial charge in [0.1, 0.15) is 12.1 Å². The Balaban J connectivity index is 1.99. The molecule has 0 saturated heterocycles. The minimum absolute atomic E-state index is 0.0750. The van der Waals surface area contributed by atoms with Gasteiger partial charge in [-0.2, -0.15) is 9.60 Å². The van der Waals surface area contributed by atoms with E-state index in [0.29, 0.717) is 0 Å². The molecule has 1 fully saturated rings. The molecule has 0 radical (unpaired) electrons. The van der Waals surface area contributed by atoms with Gasteiger partial charge in [0.15, 0.2) is 11.6 Å². The third-order valence-corrected chi connectivity index (χ3v) is 5.44. The molecule has 2 aromatic heterocycles. The van der Waals surface area contributed by atoms with Crippen LogP contribution in [0.5, 0.6) is 5.75 Å². The van der Waals surface area contributed by atoms with E-state index in [1.807, 2.05) is 0 Å². The van der Waals surface area contributed by atoms with E-state index >= 15 is 0 Å². The van der Waals surface area contributed by atoms with Crippen molar-refractivity contribution in [2.24, 2.45) is 0 Å². The van der Waals surface area contributed by atoms with Gasteiger partial charge in [-0.1, -0.05) is 12.8 Å². The topological polar surface area (TPSA) is 112 Å². The average Bonchev–Trinajstić information content (AvgIpc) is 3.32. The molecular weight excluding hydrogens is 346 g/mol. The molecule has 134 valence electrons. The van der Waals surface area contributed by atoms with E-state index in [1.54, 1.807) is 10.8 Å². The molecule has 0 bridgehead atoms. The Kier molecular flexibility index (Phi) is 2.92. The summed E-state index contributed by atoms with van der Waals surface area (Å²) in [6, 6.07) is 0. The number of hydrogen-bond donors (Lipinski definition) is 2. The van der Waals surface area contributed by atoms with Crippen molar-refractivity contribution in [1.82, 2.24) is 25.2 Å². The fraction of sp³-hybridized carbons (Fsp3) is 0.375. The van der Waals surface area contributed by atoms with Gasteiger partial charge in [0, 0.05) is 6.20 Å². The number of aromatic nitrogens is 5. The molecule has 1 aliphatic carbocycles. The number of rotatable bonds is 1. The van der Waals surface area contributed by atoms with Gasteiger partial charge in [0.05, 0.1) is 22.2 Å². The number of halogens is 2. The van der Waals surface area contributed by atoms with Gasteiger partial charge in [-0.25, -0.2) is 4.39 Å². The second-order valence-electron chi connectivity index (χ2n) is 6.79. The maximum absolute atomic E-state index is 14.5. The summed E-state index contributed by atoms with van der Waals surface area (Å²) in [4.78, 5) is 13.0. The van der Waals surface area contributed by atoms with Crippen LogP contribution in [0.15, 0.2) is 11.0 Å². The van der Waals surface area contributed by atoms with E-state index in [9.17, 15) is 13.6 Å². The third-order valence-electron chi connectivity index (χ3n) is 5.44. The highest BCUT2D eigenvalue weighted by Crippen LogP contribution is 2.46. The van der Waals surface area contributed by atoms with E-state index in [4.69, 9.17) is 10.5 Å². The number of nitrogens with two attached hydrogens (primary N) is 1. The first-order valence-corrected chi connectivity index (χ1v) is 8.26. The number of hydrogen-bond acceptors (Lipinski definition) is 6. The van der Waals surface area contributed by atoms with Gasteiger partial charge in [-0.3, -0.25) is 4.79 Å². The summed E-state index contributed by atoms with van der Waals surface area (Å²) < 4.78 is 36.2. The standard InChI is InChI=1S/C16H14F2N6O2/c17-9-10(18)14-12-8(11(9)19)13(25)7(15-20-22-23-21-15)5-24(12)16(6-26-14)3-1-2-4-16/h5H,1-4,6,19H2,(H,20,21,22,23). The van der Waals surface area contributed by atoms with E-state index < -0.39 is 28.3 Å². The predicted octanol–water partition coefficient (Wildman–Crippen LogP) is 1.70. The first kappa shape index (κ1) is 15.2. The molecule has 1 saturated carbocycles. The Labute approximate surface area is 144 Å². The van der Waals surface area contributed by atoms with E-state index in [2.05, 4.69) is 20.6 Å². The summed E-state index contributed by atoms with van der Waals surface area (Å²) in [6.07, 6.45) is 5.14. The Hall–Kier alpha value is -3.04. The number of nitrogen functional groups attached to an aromatic ring is 1. The number of ether oxygens (including phenoxy) is 1. The molecule has 1 aromatic carbocycles. The Bertz CT molecular complexity index is 1100. The van der Waals surface area contributed by atoms with E-state index in [1.165, 1.54) is 0 Å². The number of benzene rings is 1. The molecule has 0 unspecified atom stereocenters. The quantitative estimate of drug-likeness (QED) is 0.639. The molecule has 0 atom stereocenters. The molecule has 3 N–H and O–H groups in total. The van der Waals surface area contributed by atoms with Gasteiger partial charge in [0.25, 0.3) is 0 Å². The summed E-state index contributed by atoms with van der Waals surface area (Å²) in [5, 5.41) is 13.4. The molecule has 1 spiro atoms. The van der Waals surface area contributed by atoms with Crippen molar-refractivity contribution in [3.63, 3.8) is 0 Å². The predicted molar refractivity (Wildman–Crippen MR) is 87.6 cm³/mol. The summed E-state index contributed by atoms with van der Waals surface area (Å²) in [5.74, 6) is -2.67. The lowest BCUT2D eigenvalue weighted by Gasteiger charge is -2.38. The summed E-state index contributed by atoms with van der Waals surface area (Å²) >= 11 is 0. The van der Waals surface area contributed by atoms with Crippen molar-refractivity contribution in [1.29, 1.82) is 0 Å². The van der Waals surface area contributed by atoms with Crippen molar-refractivity contribution in [2.75, 3.05) is 12.3 Å². The first-order valence-electron chi connectivity index (χ1n) is 8.26. The van der Waals surface area contributed by atoms with Crippen LogP contribution in [0.4, 0.5) is 14.5 Å². The van der Waals surface area contributed by atoms with Gasteiger partial charge in [0.2, 0.25) is 17.1 Å². The fourth-order valence-corrected chi connectivity index (χ4v) is 4.15. The first-order chi connectivity index (χ1) is 12.5. The van der Waals surface area contributed by atoms with Crippen LogP contribution in [0.25, 0.3) is 22.3 Å². The van der Waals surface area contributed by atoms with Crippen LogP contribution in [-0.2, 0) is 5.54 Å². The molecule has 26 heavy (non-hydrogen) atoms. The zero-order valence-corrected chi connectivity index (χ0v) is 13.6. The number of tetrazole rings is 1. The van der Waals surface area contributed by atoms with E-state index in [-0.39, 0.29) is 34.6 Å². The molecule has 2 aliphatic rings. The Morgan fingerprint density at radius 1 is 1.27 bits per heavy atom. The molecule has 3 aromatic rings. The maximum Gasteiger partial charge on any atom is 0.210 e. The normalized spacial score (nSPS) is 17.8. The summed E-state index contributed by atoms with van der Waals surface area (Å²) in [6.45, 7) is 0.198. The maximum atomic E-state index is 14.5. The summed E-state index contributed by atoms with van der Waals surface area (Å²) in [5.41, 5.74) is 4.55. The number of aromatic amines is 1. The Morgan fingerprint density at radius 2 is 2.04 bits per heavy atom.